The molecule has 0 fully saturated rings. The Morgan fingerprint density at radius 1 is 1.06 bits per heavy atom. The Balaban J connectivity index is 1.27. The van der Waals surface area contributed by atoms with Crippen molar-refractivity contribution in [3.63, 3.8) is 0 Å². The molecule has 0 saturated carbocycles. The zero-order valence-corrected chi connectivity index (χ0v) is 19.0. The van der Waals surface area contributed by atoms with Crippen LogP contribution in [0, 0.1) is 0 Å². The van der Waals surface area contributed by atoms with Crippen molar-refractivity contribution in [2.75, 3.05) is 18.0 Å². The predicted octanol–water partition coefficient (Wildman–Crippen LogP) is 5.11. The van der Waals surface area contributed by atoms with Gasteiger partial charge in [-0.25, -0.2) is 0 Å². The van der Waals surface area contributed by atoms with Crippen molar-refractivity contribution in [1.29, 1.82) is 0 Å². The number of amides is 1. The summed E-state index contributed by atoms with van der Waals surface area (Å²) in [5.74, 6) is 1.19. The van der Waals surface area contributed by atoms with Gasteiger partial charge in [-0.3, -0.25) is 4.79 Å². The third-order valence-electron chi connectivity index (χ3n) is 5.12. The van der Waals surface area contributed by atoms with Crippen LogP contribution in [0.15, 0.2) is 62.8 Å². The van der Waals surface area contributed by atoms with Gasteiger partial charge in [0, 0.05) is 41.1 Å². The summed E-state index contributed by atoms with van der Waals surface area (Å²) >= 11 is 1.81. The lowest BCUT2D eigenvalue weighted by atomic mass is 9.96. The second kappa shape index (κ2) is 9.14. The Morgan fingerprint density at radius 2 is 1.71 bits per heavy atom. The van der Waals surface area contributed by atoms with Gasteiger partial charge in [0.15, 0.2) is 5.82 Å². The molecule has 3 aromatic rings. The maximum atomic E-state index is 12.3. The number of fused-ring (bicyclic) bond motifs is 2. The molecule has 1 N–H and O–H groups in total. The zero-order chi connectivity index (χ0) is 21.8. The van der Waals surface area contributed by atoms with Gasteiger partial charge in [-0.05, 0) is 30.7 Å². The van der Waals surface area contributed by atoms with Crippen LogP contribution >= 0.6 is 11.8 Å². The third-order valence-corrected chi connectivity index (χ3v) is 6.25. The lowest BCUT2D eigenvalue weighted by molar-refractivity contribution is -0.121. The SMILES string of the molecule is CC(C)(C)c1noc(CCC(=O)NCCCN2c3ccccc3Sc3ccccc32)n1. The normalized spacial score (nSPS) is 12.9. The topological polar surface area (TPSA) is 71.3 Å². The molecule has 1 aliphatic rings. The van der Waals surface area contributed by atoms with Gasteiger partial charge in [-0.15, -0.1) is 0 Å². The standard InChI is InChI=1S/C24H28N4O2S/c1-24(2,3)23-26-22(30-27-23)14-13-21(29)25-15-8-16-28-17-9-4-6-11-19(17)31-20-12-7-5-10-18(20)28/h4-7,9-12H,8,13-16H2,1-3H3,(H,25,29). The van der Waals surface area contributed by atoms with Crippen molar-refractivity contribution in [2.24, 2.45) is 0 Å². The fourth-order valence-electron chi connectivity index (χ4n) is 3.46. The van der Waals surface area contributed by atoms with Crippen LogP contribution in [0.1, 0.15) is 45.3 Å². The van der Waals surface area contributed by atoms with Crippen LogP contribution < -0.4 is 10.2 Å². The summed E-state index contributed by atoms with van der Waals surface area (Å²) in [6.45, 7) is 7.57. The van der Waals surface area contributed by atoms with E-state index in [2.05, 4.69) is 68.9 Å². The number of nitrogens with one attached hydrogen (secondary N) is 1. The highest BCUT2D eigenvalue weighted by Gasteiger charge is 2.23. The average molecular weight is 437 g/mol. The van der Waals surface area contributed by atoms with Crippen LogP contribution in [0.4, 0.5) is 11.4 Å². The molecule has 0 atom stereocenters. The molecule has 6 nitrogen and oxygen atoms in total. The Hall–Kier alpha value is -2.80. The molecule has 4 rings (SSSR count). The van der Waals surface area contributed by atoms with E-state index in [1.165, 1.54) is 21.2 Å². The molecule has 0 radical (unpaired) electrons. The molecule has 2 heterocycles. The van der Waals surface area contributed by atoms with Crippen molar-refractivity contribution in [2.45, 2.75) is 55.2 Å². The molecule has 0 spiro atoms. The van der Waals surface area contributed by atoms with Gasteiger partial charge in [-0.1, -0.05) is 62.0 Å². The van der Waals surface area contributed by atoms with E-state index in [4.69, 9.17) is 4.52 Å². The largest absolute Gasteiger partial charge is 0.356 e. The van der Waals surface area contributed by atoms with E-state index in [1.807, 2.05) is 20.8 Å². The Bertz CT molecular complexity index is 1010. The van der Waals surface area contributed by atoms with Gasteiger partial charge in [0.05, 0.1) is 11.4 Å². The number of carbonyl (C=O) groups is 1. The maximum absolute atomic E-state index is 12.3. The lowest BCUT2D eigenvalue weighted by Gasteiger charge is -2.32. The minimum absolute atomic E-state index is 0.00510. The van der Waals surface area contributed by atoms with E-state index >= 15 is 0 Å². The van der Waals surface area contributed by atoms with Gasteiger partial charge in [-0.2, -0.15) is 4.98 Å². The molecule has 7 heteroatoms. The second-order valence-electron chi connectivity index (χ2n) is 8.65. The number of benzene rings is 2. The van der Waals surface area contributed by atoms with Crippen LogP contribution in [-0.4, -0.2) is 29.1 Å². The molecule has 31 heavy (non-hydrogen) atoms. The molecular formula is C24H28N4O2S. The summed E-state index contributed by atoms with van der Waals surface area (Å²) in [5, 5.41) is 7.02. The Morgan fingerprint density at radius 3 is 2.32 bits per heavy atom. The average Bonchev–Trinajstić information content (AvgIpc) is 3.24. The second-order valence-corrected chi connectivity index (χ2v) is 9.74. The molecule has 1 aromatic heterocycles. The monoisotopic (exact) mass is 436 g/mol. The van der Waals surface area contributed by atoms with Crippen LogP contribution in [0.5, 0.6) is 0 Å². The molecular weight excluding hydrogens is 408 g/mol. The molecule has 0 unspecified atom stereocenters. The summed E-state index contributed by atoms with van der Waals surface area (Å²) in [7, 11) is 0. The maximum Gasteiger partial charge on any atom is 0.227 e. The first-order valence-corrected chi connectivity index (χ1v) is 11.5. The quantitative estimate of drug-likeness (QED) is 0.519. The summed E-state index contributed by atoms with van der Waals surface area (Å²) in [5.41, 5.74) is 2.29. The lowest BCUT2D eigenvalue weighted by Crippen LogP contribution is -2.29. The minimum Gasteiger partial charge on any atom is -0.356 e. The molecule has 0 saturated heterocycles. The van der Waals surface area contributed by atoms with Gasteiger partial charge >= 0.3 is 0 Å². The van der Waals surface area contributed by atoms with Crippen molar-refractivity contribution >= 4 is 29.0 Å². The van der Waals surface area contributed by atoms with Crippen molar-refractivity contribution in [1.82, 2.24) is 15.5 Å². The molecule has 0 bridgehead atoms. The highest BCUT2D eigenvalue weighted by molar-refractivity contribution is 7.99. The Kier molecular flexibility index (Phi) is 6.32. The summed E-state index contributed by atoms with van der Waals surface area (Å²) in [6.07, 6.45) is 1.66. The van der Waals surface area contributed by atoms with Gasteiger partial charge in [0.25, 0.3) is 0 Å². The number of para-hydroxylation sites is 2. The molecule has 1 amide bonds. The van der Waals surface area contributed by atoms with Gasteiger partial charge in [0.1, 0.15) is 0 Å². The number of carbonyl (C=O) groups excluding carboxylic acids is 1. The smallest absolute Gasteiger partial charge is 0.227 e. The highest BCUT2D eigenvalue weighted by atomic mass is 32.2. The van der Waals surface area contributed by atoms with E-state index in [0.29, 0.717) is 31.1 Å². The van der Waals surface area contributed by atoms with Crippen LogP contribution in [0.3, 0.4) is 0 Å². The van der Waals surface area contributed by atoms with Crippen molar-refractivity contribution in [3.8, 4) is 0 Å². The number of nitrogens with zero attached hydrogens (tertiary/aromatic N) is 3. The Labute approximate surface area is 187 Å². The van der Waals surface area contributed by atoms with Crippen LogP contribution in [0.2, 0.25) is 0 Å². The molecule has 0 aliphatic carbocycles. The van der Waals surface area contributed by atoms with E-state index in [-0.39, 0.29) is 11.3 Å². The molecule has 2 aromatic carbocycles. The van der Waals surface area contributed by atoms with Crippen molar-refractivity contribution < 1.29 is 9.32 Å². The fourth-order valence-corrected chi connectivity index (χ4v) is 4.55. The van der Waals surface area contributed by atoms with E-state index < -0.39 is 0 Å². The number of aryl methyl sites for hydroxylation is 1. The van der Waals surface area contributed by atoms with Gasteiger partial charge in [0.2, 0.25) is 11.8 Å². The first-order valence-electron chi connectivity index (χ1n) is 10.6. The zero-order valence-electron chi connectivity index (χ0n) is 18.2. The van der Waals surface area contributed by atoms with E-state index in [9.17, 15) is 4.79 Å². The molecule has 162 valence electrons. The predicted molar refractivity (Wildman–Crippen MR) is 123 cm³/mol. The van der Waals surface area contributed by atoms with Gasteiger partial charge < -0.3 is 14.7 Å². The molecule has 1 aliphatic heterocycles. The van der Waals surface area contributed by atoms with E-state index in [1.54, 1.807) is 11.8 Å². The number of anilines is 2. The summed E-state index contributed by atoms with van der Waals surface area (Å²) in [4.78, 5) is 21.5. The number of rotatable bonds is 7. The number of aromatic nitrogens is 2. The first-order chi connectivity index (χ1) is 14.9. The number of hydrogen-bond acceptors (Lipinski definition) is 6. The van der Waals surface area contributed by atoms with Crippen molar-refractivity contribution in [3.05, 3.63) is 60.2 Å². The van der Waals surface area contributed by atoms with E-state index in [0.717, 1.165) is 13.0 Å². The minimum atomic E-state index is -0.159. The van der Waals surface area contributed by atoms with Crippen LogP contribution in [0.25, 0.3) is 0 Å². The summed E-state index contributed by atoms with van der Waals surface area (Å²) < 4.78 is 5.26. The van der Waals surface area contributed by atoms with Crippen LogP contribution in [-0.2, 0) is 16.6 Å². The third kappa shape index (κ3) is 5.10. The first kappa shape index (κ1) is 21.4. The number of hydrogen-bond donors (Lipinski definition) is 1. The fraction of sp³-hybridized carbons (Fsp3) is 0.375. The highest BCUT2D eigenvalue weighted by Crippen LogP contribution is 2.47. The summed E-state index contributed by atoms with van der Waals surface area (Å²) in [6, 6.07) is 16.9.